The molecule has 0 radical (unpaired) electrons. The van der Waals surface area contributed by atoms with E-state index in [-0.39, 0.29) is 23.1 Å². The van der Waals surface area contributed by atoms with Crippen LogP contribution in [-0.2, 0) is 9.53 Å². The number of hydrogen-bond donors (Lipinski definition) is 2. The minimum atomic E-state index is -0.105. The number of rotatable bonds is 7. The Morgan fingerprint density at radius 3 is 2.95 bits per heavy atom. The first-order chi connectivity index (χ1) is 9.02. The molecule has 1 fully saturated rings. The van der Waals surface area contributed by atoms with Crippen LogP contribution in [0.25, 0.3) is 0 Å². The Morgan fingerprint density at radius 2 is 2.32 bits per heavy atom. The fourth-order valence-corrected chi connectivity index (χ4v) is 2.29. The van der Waals surface area contributed by atoms with Crippen LogP contribution in [0.1, 0.15) is 52.4 Å². The number of nitrogens with one attached hydrogen (secondary N) is 1. The van der Waals surface area contributed by atoms with Gasteiger partial charge in [-0.1, -0.05) is 19.8 Å². The molecule has 1 aliphatic heterocycles. The number of cyclic esters (lactones) is 1. The highest BCUT2D eigenvalue weighted by molar-refractivity contribution is 7.80. The molecule has 6 heteroatoms. The number of carbonyl (C=O) groups is 1. The van der Waals surface area contributed by atoms with Gasteiger partial charge >= 0.3 is 5.97 Å². The van der Waals surface area contributed by atoms with E-state index in [1.807, 2.05) is 6.92 Å². The fourth-order valence-electron chi connectivity index (χ4n) is 2.24. The van der Waals surface area contributed by atoms with Crippen LogP contribution < -0.4 is 11.2 Å². The van der Waals surface area contributed by atoms with E-state index >= 15 is 0 Å². The van der Waals surface area contributed by atoms with E-state index < -0.39 is 0 Å². The van der Waals surface area contributed by atoms with Gasteiger partial charge in [0.1, 0.15) is 6.10 Å². The first kappa shape index (κ1) is 15.9. The molecule has 0 amide bonds. The predicted molar refractivity (Wildman–Crippen MR) is 79.8 cm³/mol. The van der Waals surface area contributed by atoms with Crippen LogP contribution >= 0.6 is 12.2 Å². The molecule has 2 atom stereocenters. The van der Waals surface area contributed by atoms with Crippen molar-refractivity contribution in [2.75, 3.05) is 0 Å². The smallest absolute Gasteiger partial charge is 0.309 e. The number of hydrogen-bond acceptors (Lipinski definition) is 4. The molecule has 108 valence electrons. The van der Waals surface area contributed by atoms with Gasteiger partial charge in [0.15, 0.2) is 5.11 Å². The zero-order chi connectivity index (χ0) is 14.3. The van der Waals surface area contributed by atoms with Gasteiger partial charge in [0, 0.05) is 12.1 Å². The van der Waals surface area contributed by atoms with Gasteiger partial charge < -0.3 is 10.5 Å². The second kappa shape index (κ2) is 8.09. The molecule has 19 heavy (non-hydrogen) atoms. The maximum absolute atomic E-state index is 11.7. The van der Waals surface area contributed by atoms with Gasteiger partial charge in [0.2, 0.25) is 0 Å². The van der Waals surface area contributed by atoms with Crippen molar-refractivity contribution >= 4 is 29.0 Å². The summed E-state index contributed by atoms with van der Waals surface area (Å²) in [6.07, 6.45) is 5.94. The Hall–Kier alpha value is -1.17. The maximum atomic E-state index is 11.7. The number of hydrazone groups is 1. The molecule has 1 aliphatic rings. The molecule has 0 unspecified atom stereocenters. The summed E-state index contributed by atoms with van der Waals surface area (Å²) in [6, 6.07) is 0. The zero-order valence-electron chi connectivity index (χ0n) is 11.6. The van der Waals surface area contributed by atoms with Gasteiger partial charge in [-0.3, -0.25) is 10.2 Å². The maximum Gasteiger partial charge on any atom is 0.309 e. The van der Waals surface area contributed by atoms with Gasteiger partial charge in [-0.05, 0) is 38.4 Å². The van der Waals surface area contributed by atoms with Crippen LogP contribution in [0.15, 0.2) is 5.10 Å². The first-order valence-electron chi connectivity index (χ1n) is 6.82. The Balaban J connectivity index is 2.36. The lowest BCUT2D eigenvalue weighted by molar-refractivity contribution is -0.144. The summed E-state index contributed by atoms with van der Waals surface area (Å²) < 4.78 is 5.38. The van der Waals surface area contributed by atoms with Crippen LogP contribution in [0, 0.1) is 5.92 Å². The molecular weight excluding hydrogens is 262 g/mol. The van der Waals surface area contributed by atoms with Gasteiger partial charge in [-0.2, -0.15) is 5.10 Å². The summed E-state index contributed by atoms with van der Waals surface area (Å²) in [5, 5.41) is 4.15. The zero-order valence-corrected chi connectivity index (χ0v) is 12.5. The van der Waals surface area contributed by atoms with Gasteiger partial charge in [0.25, 0.3) is 0 Å². The first-order valence-corrected chi connectivity index (χ1v) is 7.22. The Morgan fingerprint density at radius 1 is 1.58 bits per heavy atom. The average Bonchev–Trinajstić information content (AvgIpc) is 2.68. The number of esters is 1. The second-order valence-corrected chi connectivity index (χ2v) is 5.45. The third-order valence-electron chi connectivity index (χ3n) is 3.19. The summed E-state index contributed by atoms with van der Waals surface area (Å²) >= 11 is 4.67. The highest BCUT2D eigenvalue weighted by atomic mass is 32.1. The third kappa shape index (κ3) is 6.00. The molecule has 0 aromatic rings. The molecule has 3 N–H and O–H groups in total. The van der Waals surface area contributed by atoms with Crippen molar-refractivity contribution < 1.29 is 9.53 Å². The highest BCUT2D eigenvalue weighted by Crippen LogP contribution is 2.27. The molecule has 1 saturated heterocycles. The van der Waals surface area contributed by atoms with Crippen molar-refractivity contribution in [3.63, 3.8) is 0 Å². The largest absolute Gasteiger partial charge is 0.462 e. The number of nitrogens with zero attached hydrogens (tertiary/aromatic N) is 1. The molecule has 0 aromatic heterocycles. The SMILES string of the molecule is CCCCC[C@H]1C[C@@H](C/C(C)=N\NC(N)=S)C(=O)O1. The number of ether oxygens (including phenoxy) is 1. The Labute approximate surface area is 120 Å². The summed E-state index contributed by atoms with van der Waals surface area (Å²) in [7, 11) is 0. The van der Waals surface area contributed by atoms with E-state index in [2.05, 4.69) is 29.7 Å². The standard InChI is InChI=1S/C13H23N3O2S/c1-3-4-5-6-11-8-10(12(17)18-11)7-9(2)15-16-13(14)19/h10-11H,3-8H2,1-2H3,(H3,14,16,19)/b15-9-/t10-,11+/m1/s1. The van der Waals surface area contributed by atoms with Crippen LogP contribution in [0.2, 0.25) is 0 Å². The lowest BCUT2D eigenvalue weighted by Gasteiger charge is -2.07. The van der Waals surface area contributed by atoms with Gasteiger partial charge in [-0.15, -0.1) is 0 Å². The van der Waals surface area contributed by atoms with Crippen molar-refractivity contribution in [1.82, 2.24) is 5.43 Å². The Kier molecular flexibility index (Phi) is 6.77. The monoisotopic (exact) mass is 285 g/mol. The summed E-state index contributed by atoms with van der Waals surface area (Å²) in [6.45, 7) is 4.02. The number of unbranched alkanes of at least 4 members (excludes halogenated alkanes) is 2. The lowest BCUT2D eigenvalue weighted by atomic mass is 9.97. The van der Waals surface area contributed by atoms with E-state index in [4.69, 9.17) is 10.5 Å². The number of carbonyl (C=O) groups excluding carboxylic acids is 1. The van der Waals surface area contributed by atoms with E-state index in [9.17, 15) is 4.79 Å². The quantitative estimate of drug-likeness (QED) is 0.246. The summed E-state index contributed by atoms with van der Waals surface area (Å²) in [5.41, 5.74) is 8.63. The molecule has 5 nitrogen and oxygen atoms in total. The molecule has 0 aliphatic carbocycles. The molecule has 1 rings (SSSR count). The lowest BCUT2D eigenvalue weighted by Crippen LogP contribution is -2.25. The van der Waals surface area contributed by atoms with Gasteiger partial charge in [0.05, 0.1) is 5.92 Å². The van der Waals surface area contributed by atoms with Crippen LogP contribution in [0.4, 0.5) is 0 Å². The molecule has 0 bridgehead atoms. The van der Waals surface area contributed by atoms with Crippen LogP contribution in [0.3, 0.4) is 0 Å². The van der Waals surface area contributed by atoms with E-state index in [1.165, 1.54) is 12.8 Å². The second-order valence-electron chi connectivity index (χ2n) is 5.01. The van der Waals surface area contributed by atoms with Crippen LogP contribution in [0.5, 0.6) is 0 Å². The van der Waals surface area contributed by atoms with Crippen molar-refractivity contribution in [3.05, 3.63) is 0 Å². The normalized spacial score (nSPS) is 23.3. The highest BCUT2D eigenvalue weighted by Gasteiger charge is 2.34. The van der Waals surface area contributed by atoms with E-state index in [1.54, 1.807) is 0 Å². The van der Waals surface area contributed by atoms with Crippen molar-refractivity contribution in [1.29, 1.82) is 0 Å². The molecule has 1 heterocycles. The minimum absolute atomic E-state index is 0.0801. The average molecular weight is 285 g/mol. The van der Waals surface area contributed by atoms with E-state index in [0.717, 1.165) is 25.0 Å². The van der Waals surface area contributed by atoms with E-state index in [0.29, 0.717) is 6.42 Å². The summed E-state index contributed by atoms with van der Waals surface area (Å²) in [5.74, 6) is -0.185. The van der Waals surface area contributed by atoms with Crippen molar-refractivity contribution in [2.24, 2.45) is 16.8 Å². The molecule has 0 spiro atoms. The van der Waals surface area contributed by atoms with Crippen molar-refractivity contribution in [3.8, 4) is 0 Å². The van der Waals surface area contributed by atoms with Crippen molar-refractivity contribution in [2.45, 2.75) is 58.5 Å². The molecular formula is C13H23N3O2S. The predicted octanol–water partition coefficient (Wildman–Crippen LogP) is 2.10. The summed E-state index contributed by atoms with van der Waals surface area (Å²) in [4.78, 5) is 11.7. The minimum Gasteiger partial charge on any atom is -0.462 e. The third-order valence-corrected chi connectivity index (χ3v) is 3.28. The number of thiocarbonyl (C=S) groups is 1. The van der Waals surface area contributed by atoms with Gasteiger partial charge in [-0.25, -0.2) is 0 Å². The Bertz CT molecular complexity index is 358. The molecule has 0 saturated carbocycles. The fraction of sp³-hybridized carbons (Fsp3) is 0.769. The molecule has 0 aromatic carbocycles. The topological polar surface area (TPSA) is 76.7 Å². The van der Waals surface area contributed by atoms with Crippen LogP contribution in [-0.4, -0.2) is 22.9 Å². The number of nitrogens with two attached hydrogens (primary N) is 1.